The van der Waals surface area contributed by atoms with E-state index in [0.29, 0.717) is 5.92 Å². The molecule has 2 heteroatoms. The van der Waals surface area contributed by atoms with Crippen molar-refractivity contribution in [2.75, 3.05) is 0 Å². The summed E-state index contributed by atoms with van der Waals surface area (Å²) in [5.74, 6) is 0.849. The van der Waals surface area contributed by atoms with Gasteiger partial charge >= 0.3 is 0 Å². The van der Waals surface area contributed by atoms with Crippen LogP contribution in [0.4, 0.5) is 0 Å². The highest BCUT2D eigenvalue weighted by molar-refractivity contribution is 5.16. The van der Waals surface area contributed by atoms with Gasteiger partial charge in [0.05, 0.1) is 11.2 Å². The fraction of sp³-hybridized carbons (Fsp3) is 1.00. The minimum Gasteiger partial charge on any atom is -0.387 e. The lowest BCUT2D eigenvalue weighted by Crippen LogP contribution is -2.71. The van der Waals surface area contributed by atoms with Crippen LogP contribution in [0, 0.1) is 17.3 Å². The minimum atomic E-state index is -0.911. The lowest BCUT2D eigenvalue weighted by molar-refractivity contribution is -0.285. The lowest BCUT2D eigenvalue weighted by atomic mass is 9.41. The Bertz CT molecular complexity index is 240. The van der Waals surface area contributed by atoms with Crippen molar-refractivity contribution in [2.45, 2.75) is 51.7 Å². The summed E-state index contributed by atoms with van der Waals surface area (Å²) in [5.41, 5.74) is -1.59. The van der Waals surface area contributed by atoms with Crippen molar-refractivity contribution in [3.05, 3.63) is 0 Å². The molecule has 2 N–H and O–H groups in total. The van der Waals surface area contributed by atoms with Crippen LogP contribution in [0.2, 0.25) is 0 Å². The molecule has 0 amide bonds. The molecule has 0 radical (unpaired) electrons. The van der Waals surface area contributed by atoms with Crippen molar-refractivity contribution in [1.29, 1.82) is 0 Å². The molecule has 0 aromatic carbocycles. The van der Waals surface area contributed by atoms with Gasteiger partial charge in [-0.3, -0.25) is 0 Å². The topological polar surface area (TPSA) is 40.5 Å². The van der Waals surface area contributed by atoms with Gasteiger partial charge in [0.1, 0.15) is 0 Å². The fourth-order valence-electron chi connectivity index (χ4n) is 3.38. The van der Waals surface area contributed by atoms with E-state index >= 15 is 0 Å². The van der Waals surface area contributed by atoms with E-state index in [-0.39, 0.29) is 11.3 Å². The van der Waals surface area contributed by atoms with E-state index in [0.717, 1.165) is 12.8 Å². The maximum Gasteiger partial charge on any atom is 0.0936 e. The first-order valence-corrected chi connectivity index (χ1v) is 5.14. The van der Waals surface area contributed by atoms with Crippen LogP contribution in [-0.2, 0) is 0 Å². The van der Waals surface area contributed by atoms with Gasteiger partial charge in [0, 0.05) is 0 Å². The first kappa shape index (κ1) is 9.47. The molecule has 3 fully saturated rings. The van der Waals surface area contributed by atoms with Gasteiger partial charge in [-0.25, -0.2) is 0 Å². The molecule has 3 aliphatic rings. The van der Waals surface area contributed by atoms with E-state index < -0.39 is 11.2 Å². The van der Waals surface area contributed by atoms with Crippen molar-refractivity contribution >= 4 is 0 Å². The largest absolute Gasteiger partial charge is 0.387 e. The summed E-state index contributed by atoms with van der Waals surface area (Å²) in [7, 11) is 0. The summed E-state index contributed by atoms with van der Waals surface area (Å²) in [4.78, 5) is 0. The molecule has 0 saturated heterocycles. The Morgan fingerprint density at radius 1 is 1.08 bits per heavy atom. The highest BCUT2D eigenvalue weighted by Gasteiger charge is 2.66. The van der Waals surface area contributed by atoms with Gasteiger partial charge in [0.2, 0.25) is 0 Å². The van der Waals surface area contributed by atoms with Crippen LogP contribution >= 0.6 is 0 Å². The molecule has 0 unspecified atom stereocenters. The Labute approximate surface area is 80.0 Å². The van der Waals surface area contributed by atoms with Gasteiger partial charge in [-0.05, 0) is 43.9 Å². The quantitative estimate of drug-likeness (QED) is 0.599. The third-order valence-corrected chi connectivity index (χ3v) is 4.88. The smallest absolute Gasteiger partial charge is 0.0936 e. The molecule has 4 atom stereocenters. The van der Waals surface area contributed by atoms with E-state index in [1.54, 1.807) is 13.8 Å². The monoisotopic (exact) mass is 184 g/mol. The van der Waals surface area contributed by atoms with Crippen LogP contribution in [-0.4, -0.2) is 21.4 Å². The van der Waals surface area contributed by atoms with E-state index in [1.165, 1.54) is 0 Å². The van der Waals surface area contributed by atoms with Crippen molar-refractivity contribution in [3.8, 4) is 0 Å². The number of aliphatic hydroxyl groups is 2. The number of hydrogen-bond acceptors (Lipinski definition) is 2. The van der Waals surface area contributed by atoms with E-state index in [4.69, 9.17) is 0 Å². The Balaban J connectivity index is 2.34. The lowest BCUT2D eigenvalue weighted by Gasteiger charge is -2.67. The highest BCUT2D eigenvalue weighted by atomic mass is 16.4. The minimum absolute atomic E-state index is 0.214. The molecule has 0 spiro atoms. The molecular weight excluding hydrogens is 164 g/mol. The predicted octanol–water partition coefficient (Wildman–Crippen LogP) is 1.55. The van der Waals surface area contributed by atoms with E-state index in [9.17, 15) is 10.2 Å². The van der Waals surface area contributed by atoms with Crippen LogP contribution in [0.5, 0.6) is 0 Å². The Kier molecular flexibility index (Phi) is 1.54. The van der Waals surface area contributed by atoms with Gasteiger partial charge in [0.25, 0.3) is 0 Å². The van der Waals surface area contributed by atoms with Gasteiger partial charge < -0.3 is 10.2 Å². The van der Waals surface area contributed by atoms with Crippen LogP contribution in [0.15, 0.2) is 0 Å². The summed E-state index contributed by atoms with van der Waals surface area (Å²) in [5, 5.41) is 20.4. The molecule has 3 aliphatic carbocycles. The van der Waals surface area contributed by atoms with Gasteiger partial charge in [0.15, 0.2) is 0 Å². The zero-order valence-corrected chi connectivity index (χ0v) is 8.96. The Hall–Kier alpha value is -0.0800. The Morgan fingerprint density at radius 2 is 1.62 bits per heavy atom. The fourth-order valence-corrected chi connectivity index (χ4v) is 3.38. The van der Waals surface area contributed by atoms with Crippen LogP contribution in [0.1, 0.15) is 40.5 Å². The van der Waals surface area contributed by atoms with Crippen molar-refractivity contribution < 1.29 is 10.2 Å². The average Bonchev–Trinajstić information content (AvgIpc) is 1.94. The second-order valence-corrected chi connectivity index (χ2v) is 5.93. The van der Waals surface area contributed by atoms with Gasteiger partial charge in [-0.1, -0.05) is 13.8 Å². The zero-order chi connectivity index (χ0) is 10.1. The second-order valence-electron chi connectivity index (χ2n) is 5.93. The maximum atomic E-state index is 10.3. The normalized spacial score (nSPS) is 58.6. The van der Waals surface area contributed by atoms with Crippen LogP contribution in [0.3, 0.4) is 0 Å². The Morgan fingerprint density at radius 3 is 1.92 bits per heavy atom. The third-order valence-electron chi connectivity index (χ3n) is 4.88. The molecule has 2 bridgehead atoms. The number of fused-ring (bicyclic) bond motifs is 2. The first-order chi connectivity index (χ1) is 5.69. The van der Waals surface area contributed by atoms with Crippen LogP contribution < -0.4 is 0 Å². The predicted molar refractivity (Wildman–Crippen MR) is 51.2 cm³/mol. The molecule has 3 saturated carbocycles. The van der Waals surface area contributed by atoms with Crippen molar-refractivity contribution in [3.63, 3.8) is 0 Å². The summed E-state index contributed by atoms with van der Waals surface area (Å²) >= 11 is 0. The summed E-state index contributed by atoms with van der Waals surface area (Å²) < 4.78 is 0. The van der Waals surface area contributed by atoms with Gasteiger partial charge in [-0.15, -0.1) is 0 Å². The third kappa shape index (κ3) is 0.909. The number of hydrogen-bond donors (Lipinski definition) is 2. The maximum absolute atomic E-state index is 10.3. The van der Waals surface area contributed by atoms with Crippen LogP contribution in [0.25, 0.3) is 0 Å². The second kappa shape index (κ2) is 2.12. The summed E-state index contributed by atoms with van der Waals surface area (Å²) in [6.07, 6.45) is 1.82. The van der Waals surface area contributed by atoms with Crippen molar-refractivity contribution in [2.24, 2.45) is 17.3 Å². The summed E-state index contributed by atoms with van der Waals surface area (Å²) in [6.45, 7) is 7.96. The first-order valence-electron chi connectivity index (χ1n) is 5.14. The molecule has 0 aromatic heterocycles. The molecule has 0 heterocycles. The molecule has 0 aromatic rings. The summed E-state index contributed by atoms with van der Waals surface area (Å²) in [6, 6.07) is 0. The van der Waals surface area contributed by atoms with E-state index in [2.05, 4.69) is 13.8 Å². The van der Waals surface area contributed by atoms with Crippen molar-refractivity contribution in [1.82, 2.24) is 0 Å². The molecule has 13 heavy (non-hydrogen) atoms. The molecule has 0 aliphatic heterocycles. The van der Waals surface area contributed by atoms with Gasteiger partial charge in [-0.2, -0.15) is 0 Å². The highest BCUT2D eigenvalue weighted by Crippen LogP contribution is 2.65. The molecule has 76 valence electrons. The van der Waals surface area contributed by atoms with E-state index in [1.807, 2.05) is 0 Å². The molecule has 2 nitrogen and oxygen atoms in total. The average molecular weight is 184 g/mol. The SMILES string of the molecule is CC1(C)[C@H]2C[C@@H]1[C@](C)(O)[C@](C)(O)C2. The molecular formula is C11H20O2. The number of rotatable bonds is 0. The zero-order valence-electron chi connectivity index (χ0n) is 8.96. The molecule has 3 rings (SSSR count). The standard InChI is InChI=1S/C11H20O2/c1-9(2)7-5-8(9)11(4,13)10(3,12)6-7/h7-8,12-13H,5-6H2,1-4H3/t7-,8-,10+,11-/m0/s1.